The second-order valence-corrected chi connectivity index (χ2v) is 7.23. The number of ether oxygens (including phenoxy) is 1. The van der Waals surface area contributed by atoms with E-state index in [0.717, 1.165) is 11.1 Å². The fourth-order valence-corrected chi connectivity index (χ4v) is 3.52. The smallest absolute Gasteiger partial charge is 0.282 e. The van der Waals surface area contributed by atoms with Crippen LogP contribution >= 0.6 is 0 Å². The third-order valence-electron chi connectivity index (χ3n) is 5.05. The van der Waals surface area contributed by atoms with Crippen molar-refractivity contribution >= 4 is 28.8 Å². The van der Waals surface area contributed by atoms with E-state index >= 15 is 0 Å². The van der Waals surface area contributed by atoms with Crippen LogP contribution in [0.4, 0.5) is 11.4 Å². The Morgan fingerprint density at radius 1 is 0.800 bits per heavy atom. The van der Waals surface area contributed by atoms with Crippen molar-refractivity contribution in [3.05, 3.63) is 95.2 Å². The van der Waals surface area contributed by atoms with E-state index in [9.17, 15) is 9.59 Å². The van der Waals surface area contributed by atoms with Gasteiger partial charge in [0.1, 0.15) is 11.4 Å². The molecule has 1 heterocycles. The van der Waals surface area contributed by atoms with Crippen LogP contribution in [0.25, 0.3) is 5.57 Å². The number of aryl methyl sites for hydroxylation is 2. The highest BCUT2D eigenvalue weighted by atomic mass is 16.5. The van der Waals surface area contributed by atoms with E-state index in [-0.39, 0.29) is 11.6 Å². The van der Waals surface area contributed by atoms with E-state index in [1.54, 1.807) is 19.2 Å². The van der Waals surface area contributed by atoms with Gasteiger partial charge < -0.3 is 10.1 Å². The molecule has 0 saturated heterocycles. The lowest BCUT2D eigenvalue weighted by molar-refractivity contribution is -0.120. The molecule has 0 bridgehead atoms. The zero-order valence-electron chi connectivity index (χ0n) is 17.1. The molecular weight excluding hydrogens is 376 g/mol. The van der Waals surface area contributed by atoms with Crippen molar-refractivity contribution in [1.29, 1.82) is 0 Å². The summed E-state index contributed by atoms with van der Waals surface area (Å²) < 4.78 is 5.41. The third-order valence-corrected chi connectivity index (χ3v) is 5.05. The summed E-state index contributed by atoms with van der Waals surface area (Å²) in [6.45, 7) is 3.91. The lowest BCUT2D eigenvalue weighted by atomic mass is 10.0. The van der Waals surface area contributed by atoms with E-state index < -0.39 is 5.91 Å². The average Bonchev–Trinajstić information content (AvgIpc) is 2.99. The minimum atomic E-state index is -0.396. The molecule has 4 rings (SSSR count). The molecule has 30 heavy (non-hydrogen) atoms. The lowest BCUT2D eigenvalue weighted by Gasteiger charge is -2.16. The van der Waals surface area contributed by atoms with Gasteiger partial charge in [0.25, 0.3) is 11.8 Å². The van der Waals surface area contributed by atoms with Crippen molar-refractivity contribution in [3.63, 3.8) is 0 Å². The van der Waals surface area contributed by atoms with Crippen LogP contribution < -0.4 is 15.0 Å². The Morgan fingerprint density at radius 2 is 1.53 bits per heavy atom. The fraction of sp³-hybridized carbons (Fsp3) is 0.120. The summed E-state index contributed by atoms with van der Waals surface area (Å²) in [6.07, 6.45) is 0. The molecule has 5 nitrogen and oxygen atoms in total. The first-order valence-corrected chi connectivity index (χ1v) is 9.66. The van der Waals surface area contributed by atoms with E-state index in [2.05, 4.69) is 5.32 Å². The zero-order valence-corrected chi connectivity index (χ0v) is 17.1. The summed E-state index contributed by atoms with van der Waals surface area (Å²) in [6, 6.07) is 22.2. The number of hydrogen-bond donors (Lipinski definition) is 1. The minimum absolute atomic E-state index is 0.231. The fourth-order valence-electron chi connectivity index (χ4n) is 3.52. The van der Waals surface area contributed by atoms with E-state index in [4.69, 9.17) is 4.74 Å². The van der Waals surface area contributed by atoms with Crippen LogP contribution in [-0.2, 0) is 9.59 Å². The largest absolute Gasteiger partial charge is 0.495 e. The first-order chi connectivity index (χ1) is 14.5. The number of para-hydroxylation sites is 2. The van der Waals surface area contributed by atoms with Gasteiger partial charge in [-0.05, 0) is 49.2 Å². The number of anilines is 2. The number of nitrogens with one attached hydrogen (secondary N) is 1. The summed E-state index contributed by atoms with van der Waals surface area (Å²) in [4.78, 5) is 28.1. The van der Waals surface area contributed by atoms with Crippen molar-refractivity contribution in [2.75, 3.05) is 17.3 Å². The summed E-state index contributed by atoms with van der Waals surface area (Å²) in [5, 5.41) is 3.16. The Hall–Kier alpha value is -3.86. The predicted molar refractivity (Wildman–Crippen MR) is 118 cm³/mol. The van der Waals surface area contributed by atoms with Crippen molar-refractivity contribution in [3.8, 4) is 5.75 Å². The van der Waals surface area contributed by atoms with Crippen LogP contribution in [0.3, 0.4) is 0 Å². The molecule has 0 spiro atoms. The Balaban J connectivity index is 1.85. The first kappa shape index (κ1) is 19.5. The second-order valence-electron chi connectivity index (χ2n) is 7.23. The molecule has 0 atom stereocenters. The normalized spacial score (nSPS) is 13.8. The van der Waals surface area contributed by atoms with Crippen LogP contribution in [0.2, 0.25) is 0 Å². The first-order valence-electron chi connectivity index (χ1n) is 9.66. The quantitative estimate of drug-likeness (QED) is 0.633. The number of rotatable bonds is 5. The van der Waals surface area contributed by atoms with Gasteiger partial charge in [-0.15, -0.1) is 0 Å². The van der Waals surface area contributed by atoms with E-state index in [1.807, 2.05) is 74.5 Å². The average molecular weight is 398 g/mol. The van der Waals surface area contributed by atoms with Crippen molar-refractivity contribution in [1.82, 2.24) is 0 Å². The molecule has 0 saturated carbocycles. The summed E-state index contributed by atoms with van der Waals surface area (Å²) in [5.74, 6) is -0.165. The zero-order chi connectivity index (χ0) is 21.3. The Morgan fingerprint density at radius 3 is 2.23 bits per heavy atom. The summed E-state index contributed by atoms with van der Waals surface area (Å²) in [5.41, 5.74) is 4.47. The van der Waals surface area contributed by atoms with E-state index in [1.165, 1.54) is 4.90 Å². The molecule has 1 aliphatic heterocycles. The molecule has 2 amide bonds. The highest BCUT2D eigenvalue weighted by Crippen LogP contribution is 2.35. The van der Waals surface area contributed by atoms with Crippen LogP contribution in [0, 0.1) is 13.8 Å². The van der Waals surface area contributed by atoms with Crippen LogP contribution in [-0.4, -0.2) is 18.9 Å². The molecular formula is C25H22N2O3. The number of carbonyl (C=O) groups excluding carboxylic acids is 2. The molecule has 3 aromatic carbocycles. The van der Waals surface area contributed by atoms with Gasteiger partial charge in [0, 0.05) is 0 Å². The SMILES string of the molecule is COc1ccccc1NC1=C(c2ccc(C)cc2)C(=O)N(c2cccc(C)c2)C1=O. The summed E-state index contributed by atoms with van der Waals surface area (Å²) >= 11 is 0. The van der Waals surface area contributed by atoms with E-state index in [0.29, 0.717) is 28.3 Å². The maximum Gasteiger partial charge on any atom is 0.282 e. The lowest BCUT2D eigenvalue weighted by Crippen LogP contribution is -2.32. The Bertz CT molecular complexity index is 1160. The maximum absolute atomic E-state index is 13.4. The number of carbonyl (C=O) groups is 2. The Labute approximate surface area is 175 Å². The highest BCUT2D eigenvalue weighted by molar-refractivity contribution is 6.46. The summed E-state index contributed by atoms with van der Waals surface area (Å²) in [7, 11) is 1.57. The maximum atomic E-state index is 13.4. The number of benzene rings is 3. The van der Waals surface area contributed by atoms with Gasteiger partial charge in [-0.25, -0.2) is 4.90 Å². The molecule has 0 unspecified atom stereocenters. The van der Waals surface area contributed by atoms with Gasteiger partial charge in [-0.3, -0.25) is 9.59 Å². The number of methoxy groups -OCH3 is 1. The number of imide groups is 1. The van der Waals surface area contributed by atoms with Crippen molar-refractivity contribution in [2.45, 2.75) is 13.8 Å². The number of hydrogen-bond acceptors (Lipinski definition) is 4. The third kappa shape index (κ3) is 3.46. The topological polar surface area (TPSA) is 58.6 Å². The molecule has 3 aromatic rings. The van der Waals surface area contributed by atoms with Gasteiger partial charge in [-0.2, -0.15) is 0 Å². The van der Waals surface area contributed by atoms with Crippen LogP contribution in [0.1, 0.15) is 16.7 Å². The van der Waals surface area contributed by atoms with Crippen LogP contribution in [0.15, 0.2) is 78.5 Å². The van der Waals surface area contributed by atoms with Gasteiger partial charge in [-0.1, -0.05) is 54.1 Å². The van der Waals surface area contributed by atoms with Gasteiger partial charge in [0.2, 0.25) is 0 Å². The Kier molecular flexibility index (Phi) is 5.11. The molecule has 150 valence electrons. The second kappa shape index (κ2) is 7.87. The van der Waals surface area contributed by atoms with Crippen molar-refractivity contribution < 1.29 is 14.3 Å². The number of amides is 2. The standard InChI is InChI=1S/C25H22N2O3/c1-16-11-13-18(14-12-16)22-23(26-20-9-4-5-10-21(20)30-3)25(29)27(24(22)28)19-8-6-7-17(2)15-19/h4-15,26H,1-3H3. The molecule has 0 aliphatic carbocycles. The highest BCUT2D eigenvalue weighted by Gasteiger charge is 2.40. The van der Waals surface area contributed by atoms with Crippen LogP contribution in [0.5, 0.6) is 5.75 Å². The monoisotopic (exact) mass is 398 g/mol. The van der Waals surface area contributed by atoms with Gasteiger partial charge >= 0.3 is 0 Å². The molecule has 0 aromatic heterocycles. The molecule has 1 aliphatic rings. The predicted octanol–water partition coefficient (Wildman–Crippen LogP) is 4.71. The molecule has 1 N–H and O–H groups in total. The minimum Gasteiger partial charge on any atom is -0.495 e. The van der Waals surface area contributed by atoms with Crippen molar-refractivity contribution in [2.24, 2.45) is 0 Å². The van der Waals surface area contributed by atoms with Gasteiger partial charge in [0.15, 0.2) is 0 Å². The molecule has 0 fully saturated rings. The van der Waals surface area contributed by atoms with Gasteiger partial charge in [0.05, 0.1) is 24.1 Å². The number of nitrogens with zero attached hydrogens (tertiary/aromatic N) is 1. The molecule has 5 heteroatoms. The molecule has 0 radical (unpaired) electrons.